The van der Waals surface area contributed by atoms with Crippen molar-refractivity contribution in [1.82, 2.24) is 19.4 Å². The predicted octanol–water partition coefficient (Wildman–Crippen LogP) is 4.17. The van der Waals surface area contributed by atoms with Crippen LogP contribution in [0, 0.1) is 5.92 Å². The van der Waals surface area contributed by atoms with Crippen LogP contribution in [0.2, 0.25) is 0 Å². The first-order valence-electron chi connectivity index (χ1n) is 9.50. The van der Waals surface area contributed by atoms with E-state index >= 15 is 0 Å². The highest BCUT2D eigenvalue weighted by Gasteiger charge is 2.29. The van der Waals surface area contributed by atoms with Crippen LogP contribution in [0.1, 0.15) is 31.1 Å². The lowest BCUT2D eigenvalue weighted by Crippen LogP contribution is -2.39. The van der Waals surface area contributed by atoms with Crippen molar-refractivity contribution in [2.24, 2.45) is 5.92 Å². The fourth-order valence-corrected chi connectivity index (χ4v) is 3.96. The van der Waals surface area contributed by atoms with Gasteiger partial charge in [-0.1, -0.05) is 13.8 Å². The van der Waals surface area contributed by atoms with Crippen molar-refractivity contribution in [2.75, 3.05) is 13.7 Å². The number of hydrogen-bond donors (Lipinski definition) is 0. The summed E-state index contributed by atoms with van der Waals surface area (Å²) in [6, 6.07) is 12.7. The van der Waals surface area contributed by atoms with Crippen molar-refractivity contribution in [1.29, 1.82) is 0 Å². The molecular weight excluding hydrogens is 336 g/mol. The van der Waals surface area contributed by atoms with Gasteiger partial charge in [-0.2, -0.15) is 0 Å². The number of benzene rings is 1. The number of fused-ring (bicyclic) bond motifs is 1. The van der Waals surface area contributed by atoms with E-state index in [9.17, 15) is 0 Å². The summed E-state index contributed by atoms with van der Waals surface area (Å²) in [5.74, 6) is 2.14. The third kappa shape index (κ3) is 3.60. The fraction of sp³-hybridized carbons (Fsp3) is 0.364. The number of nitrogens with zero attached hydrogens (tertiary/aromatic N) is 4. The first kappa shape index (κ1) is 17.7. The van der Waals surface area contributed by atoms with E-state index in [0.29, 0.717) is 12.0 Å². The van der Waals surface area contributed by atoms with Crippen molar-refractivity contribution >= 4 is 0 Å². The van der Waals surface area contributed by atoms with Gasteiger partial charge in [0.1, 0.15) is 5.75 Å². The molecular formula is C22H26N4O. The first-order chi connectivity index (χ1) is 13.2. The van der Waals surface area contributed by atoms with Crippen LogP contribution in [0.25, 0.3) is 11.4 Å². The number of hydrogen-bond acceptors (Lipinski definition) is 4. The average Bonchev–Trinajstić information content (AvgIpc) is 3.17. The van der Waals surface area contributed by atoms with Gasteiger partial charge in [-0.25, -0.2) is 9.97 Å². The lowest BCUT2D eigenvalue weighted by molar-refractivity contribution is 0.111. The Morgan fingerprint density at radius 1 is 1.07 bits per heavy atom. The molecule has 1 aliphatic heterocycles. The summed E-state index contributed by atoms with van der Waals surface area (Å²) >= 11 is 0. The second kappa shape index (κ2) is 7.53. The van der Waals surface area contributed by atoms with Crippen molar-refractivity contribution in [3.63, 3.8) is 0 Å². The van der Waals surface area contributed by atoms with Gasteiger partial charge in [-0.05, 0) is 42.3 Å². The van der Waals surface area contributed by atoms with Gasteiger partial charge in [0, 0.05) is 55.0 Å². The monoisotopic (exact) mass is 362 g/mol. The van der Waals surface area contributed by atoms with Gasteiger partial charge in [0.25, 0.3) is 0 Å². The summed E-state index contributed by atoms with van der Waals surface area (Å²) in [5, 5.41) is 0. The van der Waals surface area contributed by atoms with Crippen LogP contribution < -0.4 is 4.74 Å². The van der Waals surface area contributed by atoms with E-state index in [1.54, 1.807) is 7.11 Å². The third-order valence-corrected chi connectivity index (χ3v) is 5.26. The fourth-order valence-electron chi connectivity index (χ4n) is 3.96. The molecule has 5 nitrogen and oxygen atoms in total. The molecule has 27 heavy (non-hydrogen) atoms. The molecule has 4 rings (SSSR count). The Morgan fingerprint density at radius 3 is 2.48 bits per heavy atom. The summed E-state index contributed by atoms with van der Waals surface area (Å²) < 4.78 is 7.59. The van der Waals surface area contributed by atoms with Gasteiger partial charge >= 0.3 is 0 Å². The smallest absolute Gasteiger partial charge is 0.159 e. The molecule has 0 saturated heterocycles. The van der Waals surface area contributed by atoms with E-state index in [0.717, 1.165) is 42.3 Å². The molecule has 2 aromatic heterocycles. The van der Waals surface area contributed by atoms with Gasteiger partial charge in [0.2, 0.25) is 0 Å². The molecule has 0 spiro atoms. The summed E-state index contributed by atoms with van der Waals surface area (Å²) in [7, 11) is 1.67. The molecule has 1 aromatic carbocycles. The maximum Gasteiger partial charge on any atom is 0.159 e. The maximum absolute atomic E-state index is 5.21. The van der Waals surface area contributed by atoms with Gasteiger partial charge in [0.15, 0.2) is 5.82 Å². The minimum Gasteiger partial charge on any atom is -0.497 e. The molecule has 1 unspecified atom stereocenters. The topological polar surface area (TPSA) is 43.2 Å². The SMILES string of the molecule is COc1ccc(-c2ncc(CN3CCn4cccc4C3C(C)C)cn2)cc1. The molecule has 5 heteroatoms. The quantitative estimate of drug-likeness (QED) is 0.683. The molecule has 0 fully saturated rings. The molecule has 0 N–H and O–H groups in total. The molecule has 1 atom stereocenters. The highest BCUT2D eigenvalue weighted by atomic mass is 16.5. The molecule has 140 valence electrons. The normalized spacial score (nSPS) is 17.1. The Labute approximate surface area is 160 Å². The van der Waals surface area contributed by atoms with Crippen LogP contribution in [0.15, 0.2) is 55.0 Å². The van der Waals surface area contributed by atoms with Crippen molar-refractivity contribution < 1.29 is 4.74 Å². The van der Waals surface area contributed by atoms with Crippen molar-refractivity contribution in [3.8, 4) is 17.1 Å². The van der Waals surface area contributed by atoms with E-state index in [2.05, 4.69) is 51.6 Å². The molecule has 0 bridgehead atoms. The van der Waals surface area contributed by atoms with Gasteiger partial charge in [-0.3, -0.25) is 4.90 Å². The number of methoxy groups -OCH3 is 1. The van der Waals surface area contributed by atoms with Gasteiger partial charge in [-0.15, -0.1) is 0 Å². The highest BCUT2D eigenvalue weighted by Crippen LogP contribution is 2.33. The number of aromatic nitrogens is 3. The van der Waals surface area contributed by atoms with E-state index in [1.807, 2.05) is 36.7 Å². The van der Waals surface area contributed by atoms with Gasteiger partial charge < -0.3 is 9.30 Å². The molecule has 0 amide bonds. The zero-order valence-corrected chi connectivity index (χ0v) is 16.2. The second-order valence-electron chi connectivity index (χ2n) is 7.43. The van der Waals surface area contributed by atoms with Crippen molar-refractivity contribution in [3.05, 3.63) is 66.2 Å². The van der Waals surface area contributed by atoms with Crippen LogP contribution in [0.4, 0.5) is 0 Å². The molecule has 3 heterocycles. The standard InChI is InChI=1S/C22H26N4O/c1-16(2)21-20-5-4-10-25(20)11-12-26(21)15-17-13-23-22(24-14-17)18-6-8-19(27-3)9-7-18/h4-10,13-14,16,21H,11-12,15H2,1-3H3. The zero-order valence-electron chi connectivity index (χ0n) is 16.2. The Balaban J connectivity index is 1.51. The van der Waals surface area contributed by atoms with Crippen molar-refractivity contribution in [2.45, 2.75) is 33.0 Å². The second-order valence-corrected chi connectivity index (χ2v) is 7.43. The van der Waals surface area contributed by atoms with Crippen LogP contribution >= 0.6 is 0 Å². The van der Waals surface area contributed by atoms with E-state index in [4.69, 9.17) is 4.74 Å². The van der Waals surface area contributed by atoms with Gasteiger partial charge in [0.05, 0.1) is 13.2 Å². The molecule has 0 aliphatic carbocycles. The third-order valence-electron chi connectivity index (χ3n) is 5.26. The predicted molar refractivity (Wildman–Crippen MR) is 106 cm³/mol. The zero-order chi connectivity index (χ0) is 18.8. The first-order valence-corrected chi connectivity index (χ1v) is 9.50. The Bertz CT molecular complexity index is 883. The largest absolute Gasteiger partial charge is 0.497 e. The Kier molecular flexibility index (Phi) is 4.94. The van der Waals surface area contributed by atoms with E-state index in [-0.39, 0.29) is 0 Å². The van der Waals surface area contributed by atoms with Crippen LogP contribution in [0.3, 0.4) is 0 Å². The average molecular weight is 362 g/mol. The number of ether oxygens (including phenoxy) is 1. The Hall–Kier alpha value is -2.66. The lowest BCUT2D eigenvalue weighted by atomic mass is 9.97. The van der Waals surface area contributed by atoms with Crippen LogP contribution in [-0.4, -0.2) is 33.1 Å². The maximum atomic E-state index is 5.21. The van der Waals surface area contributed by atoms with E-state index < -0.39 is 0 Å². The summed E-state index contributed by atoms with van der Waals surface area (Å²) in [6.07, 6.45) is 6.10. The van der Waals surface area contributed by atoms with E-state index in [1.165, 1.54) is 5.69 Å². The van der Waals surface area contributed by atoms with Crippen LogP contribution in [-0.2, 0) is 13.1 Å². The minimum absolute atomic E-state index is 0.426. The number of rotatable bonds is 5. The molecule has 1 aliphatic rings. The molecule has 3 aromatic rings. The van der Waals surface area contributed by atoms with Crippen LogP contribution in [0.5, 0.6) is 5.75 Å². The molecule has 0 saturated carbocycles. The summed E-state index contributed by atoms with van der Waals surface area (Å²) in [5.41, 5.74) is 3.56. The summed E-state index contributed by atoms with van der Waals surface area (Å²) in [4.78, 5) is 11.7. The lowest BCUT2D eigenvalue weighted by Gasteiger charge is -2.39. The minimum atomic E-state index is 0.426. The highest BCUT2D eigenvalue weighted by molar-refractivity contribution is 5.55. The summed E-state index contributed by atoms with van der Waals surface area (Å²) in [6.45, 7) is 7.55. The Morgan fingerprint density at radius 2 is 1.81 bits per heavy atom. The molecule has 0 radical (unpaired) electrons.